The third kappa shape index (κ3) is 2.71. The van der Waals surface area contributed by atoms with Crippen LogP contribution in [0.1, 0.15) is 48.5 Å². The summed E-state index contributed by atoms with van der Waals surface area (Å²) in [4.78, 5) is 0. The predicted molar refractivity (Wildman–Crippen MR) is 57.3 cm³/mol. The molecule has 0 aromatic carbocycles. The second-order valence-corrected chi connectivity index (χ2v) is 5.57. The largest absolute Gasteiger partial charge is 0.411 e. The maximum Gasteiger partial charge on any atom is 0.0682 e. The lowest BCUT2D eigenvalue weighted by molar-refractivity contribution is 0.271. The lowest BCUT2D eigenvalue weighted by Gasteiger charge is -2.36. The van der Waals surface area contributed by atoms with E-state index < -0.39 is 0 Å². The summed E-state index contributed by atoms with van der Waals surface area (Å²) in [5.41, 5.74) is 0.755. The first-order chi connectivity index (χ1) is 5.64. The van der Waals surface area contributed by atoms with Gasteiger partial charge in [0.1, 0.15) is 0 Å². The van der Waals surface area contributed by atoms with Crippen molar-refractivity contribution in [3.8, 4) is 0 Å². The van der Waals surface area contributed by atoms with Crippen molar-refractivity contribution in [1.82, 2.24) is 0 Å². The molecule has 0 aromatic rings. The highest BCUT2D eigenvalue weighted by atomic mass is 16.4. The van der Waals surface area contributed by atoms with Crippen LogP contribution >= 0.6 is 0 Å². The van der Waals surface area contributed by atoms with Crippen molar-refractivity contribution < 1.29 is 5.21 Å². The van der Waals surface area contributed by atoms with E-state index in [-0.39, 0.29) is 10.8 Å². The minimum atomic E-state index is -0.0669. The molecule has 0 atom stereocenters. The summed E-state index contributed by atoms with van der Waals surface area (Å²) in [5, 5.41) is 12.5. The zero-order valence-corrected chi connectivity index (χ0v) is 9.97. The summed E-state index contributed by atoms with van der Waals surface area (Å²) in [6.45, 7) is 14.8. The Kier molecular flexibility index (Phi) is 3.54. The van der Waals surface area contributed by atoms with Gasteiger partial charge < -0.3 is 5.21 Å². The van der Waals surface area contributed by atoms with Crippen LogP contribution in [0.4, 0.5) is 0 Å². The van der Waals surface area contributed by atoms with Gasteiger partial charge in [0.25, 0.3) is 0 Å². The van der Waals surface area contributed by atoms with Crippen LogP contribution in [0.2, 0.25) is 0 Å². The third-order valence-corrected chi connectivity index (χ3v) is 2.86. The number of hydrogen-bond donors (Lipinski definition) is 1. The first-order valence-corrected chi connectivity index (χ1v) is 4.87. The fourth-order valence-electron chi connectivity index (χ4n) is 1.52. The van der Waals surface area contributed by atoms with Crippen molar-refractivity contribution in [2.75, 3.05) is 0 Å². The molecule has 0 aliphatic heterocycles. The van der Waals surface area contributed by atoms with Crippen molar-refractivity contribution in [1.29, 1.82) is 0 Å². The first-order valence-electron chi connectivity index (χ1n) is 4.87. The molecule has 78 valence electrons. The van der Waals surface area contributed by atoms with Crippen LogP contribution in [-0.2, 0) is 0 Å². The Balaban J connectivity index is 5.03. The summed E-state index contributed by atoms with van der Waals surface area (Å²) >= 11 is 0. The Morgan fingerprint density at radius 1 is 1.08 bits per heavy atom. The molecule has 0 spiro atoms. The van der Waals surface area contributed by atoms with E-state index in [2.05, 4.69) is 53.6 Å². The predicted octanol–water partition coefficient (Wildman–Crippen LogP) is 3.54. The Bertz CT molecular complexity index is 197. The van der Waals surface area contributed by atoms with E-state index in [0.717, 1.165) is 5.71 Å². The summed E-state index contributed by atoms with van der Waals surface area (Å²) in [5.74, 6) is 0.470. The van der Waals surface area contributed by atoms with E-state index in [9.17, 15) is 0 Å². The Morgan fingerprint density at radius 3 is 1.54 bits per heavy atom. The summed E-state index contributed by atoms with van der Waals surface area (Å²) in [6.07, 6.45) is 0. The molecular weight excluding hydrogens is 162 g/mol. The van der Waals surface area contributed by atoms with E-state index in [0.29, 0.717) is 5.92 Å². The van der Waals surface area contributed by atoms with Crippen LogP contribution in [0.5, 0.6) is 0 Å². The fourth-order valence-corrected chi connectivity index (χ4v) is 1.52. The molecule has 2 nitrogen and oxygen atoms in total. The topological polar surface area (TPSA) is 32.6 Å². The molecule has 0 unspecified atom stereocenters. The molecule has 1 N–H and O–H groups in total. The van der Waals surface area contributed by atoms with Crippen LogP contribution in [0.25, 0.3) is 0 Å². The van der Waals surface area contributed by atoms with Gasteiger partial charge in [0.15, 0.2) is 0 Å². The summed E-state index contributed by atoms with van der Waals surface area (Å²) < 4.78 is 0. The highest BCUT2D eigenvalue weighted by Crippen LogP contribution is 2.36. The van der Waals surface area contributed by atoms with E-state index in [1.165, 1.54) is 0 Å². The lowest BCUT2D eigenvalue weighted by Crippen LogP contribution is -2.38. The van der Waals surface area contributed by atoms with E-state index in [1.807, 2.05) is 0 Å². The van der Waals surface area contributed by atoms with E-state index in [4.69, 9.17) is 5.21 Å². The van der Waals surface area contributed by atoms with Gasteiger partial charge in [-0.15, -0.1) is 0 Å². The number of hydrogen-bond acceptors (Lipinski definition) is 2. The highest BCUT2D eigenvalue weighted by molar-refractivity contribution is 5.93. The smallest absolute Gasteiger partial charge is 0.0682 e. The van der Waals surface area contributed by atoms with Gasteiger partial charge in [-0.1, -0.05) is 53.6 Å². The van der Waals surface area contributed by atoms with Crippen LogP contribution in [0.15, 0.2) is 5.16 Å². The Hall–Kier alpha value is -0.530. The van der Waals surface area contributed by atoms with Gasteiger partial charge in [-0.25, -0.2) is 0 Å². The van der Waals surface area contributed by atoms with Gasteiger partial charge in [-0.2, -0.15) is 0 Å². The molecule has 0 rings (SSSR count). The van der Waals surface area contributed by atoms with Crippen molar-refractivity contribution >= 4 is 5.71 Å². The molecule has 0 aromatic heterocycles. The van der Waals surface area contributed by atoms with Crippen molar-refractivity contribution in [2.45, 2.75) is 48.5 Å². The molecule has 0 amide bonds. The fraction of sp³-hybridized carbons (Fsp3) is 0.909. The SMILES string of the molecule is CC(C)C(C)(C)/C(=N/O)C(C)(C)C. The molecule has 0 aliphatic carbocycles. The maximum absolute atomic E-state index is 9.03. The number of nitrogens with zero attached hydrogens (tertiary/aromatic N) is 1. The molecule has 13 heavy (non-hydrogen) atoms. The molecule has 0 heterocycles. The van der Waals surface area contributed by atoms with Crippen molar-refractivity contribution in [2.24, 2.45) is 21.9 Å². The average Bonchev–Trinajstić information content (AvgIpc) is 1.83. The Morgan fingerprint density at radius 2 is 1.46 bits per heavy atom. The van der Waals surface area contributed by atoms with E-state index in [1.54, 1.807) is 0 Å². The minimum absolute atomic E-state index is 0.0486. The molecule has 0 bridgehead atoms. The van der Waals surface area contributed by atoms with Gasteiger partial charge in [0, 0.05) is 10.8 Å². The first kappa shape index (κ1) is 12.5. The van der Waals surface area contributed by atoms with Gasteiger partial charge in [-0.05, 0) is 5.92 Å². The number of oxime groups is 1. The van der Waals surface area contributed by atoms with Gasteiger partial charge >= 0.3 is 0 Å². The maximum atomic E-state index is 9.03. The molecular formula is C11H23NO. The third-order valence-electron chi connectivity index (χ3n) is 2.86. The highest BCUT2D eigenvalue weighted by Gasteiger charge is 2.36. The van der Waals surface area contributed by atoms with E-state index >= 15 is 0 Å². The van der Waals surface area contributed by atoms with Gasteiger partial charge in [-0.3, -0.25) is 0 Å². The van der Waals surface area contributed by atoms with Crippen LogP contribution in [0.3, 0.4) is 0 Å². The minimum Gasteiger partial charge on any atom is -0.411 e. The number of rotatable bonds is 2. The molecule has 0 saturated heterocycles. The van der Waals surface area contributed by atoms with Gasteiger partial charge in [0.05, 0.1) is 5.71 Å². The molecule has 2 heteroatoms. The molecule has 0 aliphatic rings. The van der Waals surface area contributed by atoms with Gasteiger partial charge in [0.2, 0.25) is 0 Å². The summed E-state index contributed by atoms with van der Waals surface area (Å²) in [6, 6.07) is 0. The molecule has 0 radical (unpaired) electrons. The van der Waals surface area contributed by atoms with Crippen LogP contribution in [0, 0.1) is 16.7 Å². The second kappa shape index (κ2) is 3.69. The van der Waals surface area contributed by atoms with Crippen molar-refractivity contribution in [3.05, 3.63) is 0 Å². The lowest BCUT2D eigenvalue weighted by atomic mass is 9.68. The average molecular weight is 185 g/mol. The molecule has 0 fully saturated rings. The van der Waals surface area contributed by atoms with Crippen LogP contribution < -0.4 is 0 Å². The molecule has 0 saturated carbocycles. The monoisotopic (exact) mass is 185 g/mol. The summed E-state index contributed by atoms with van der Waals surface area (Å²) in [7, 11) is 0. The Labute approximate surface area is 82.0 Å². The quantitative estimate of drug-likeness (QED) is 0.398. The zero-order chi connectivity index (χ0) is 10.9. The second-order valence-electron chi connectivity index (χ2n) is 5.57. The van der Waals surface area contributed by atoms with Crippen LogP contribution in [-0.4, -0.2) is 10.9 Å². The van der Waals surface area contributed by atoms with Crippen molar-refractivity contribution in [3.63, 3.8) is 0 Å². The zero-order valence-electron chi connectivity index (χ0n) is 9.97. The normalized spacial score (nSPS) is 15.2. The standard InChI is InChI=1S/C11H23NO/c1-8(2)11(6,7)9(12-13)10(3,4)5/h8,13H,1-7H3/b12-9+.